The van der Waals surface area contributed by atoms with Crippen LogP contribution >= 0.6 is 0 Å². The molecule has 3 rings (SSSR count). The number of rotatable bonds is 6. The summed E-state index contributed by atoms with van der Waals surface area (Å²) in [5, 5.41) is 9.42. The summed E-state index contributed by atoms with van der Waals surface area (Å²) in [6.45, 7) is 8.81. The van der Waals surface area contributed by atoms with Crippen LogP contribution < -0.4 is 15.1 Å². The van der Waals surface area contributed by atoms with Gasteiger partial charge in [0.2, 0.25) is 0 Å². The van der Waals surface area contributed by atoms with Crippen LogP contribution in [-0.2, 0) is 9.47 Å². The van der Waals surface area contributed by atoms with Crippen molar-refractivity contribution in [2.75, 3.05) is 49.8 Å². The molecule has 0 aromatic heterocycles. The van der Waals surface area contributed by atoms with E-state index in [0.717, 1.165) is 0 Å². The van der Waals surface area contributed by atoms with E-state index in [1.165, 1.54) is 11.0 Å². The van der Waals surface area contributed by atoms with Crippen LogP contribution in [0.4, 0.5) is 20.6 Å². The molecule has 2 aliphatic rings. The minimum absolute atomic E-state index is 0.0737. The fourth-order valence-corrected chi connectivity index (χ4v) is 3.19. The Morgan fingerprint density at radius 3 is 2.75 bits per heavy atom. The summed E-state index contributed by atoms with van der Waals surface area (Å²) >= 11 is 0. The maximum absolute atomic E-state index is 14.8. The highest BCUT2D eigenvalue weighted by atomic mass is 19.1. The van der Waals surface area contributed by atoms with Gasteiger partial charge in [0, 0.05) is 25.7 Å². The van der Waals surface area contributed by atoms with Gasteiger partial charge in [0.05, 0.1) is 31.2 Å². The number of cyclic esters (lactones) is 1. The first-order valence-corrected chi connectivity index (χ1v) is 9.35. The van der Waals surface area contributed by atoms with Crippen molar-refractivity contribution < 1.29 is 18.7 Å². The van der Waals surface area contributed by atoms with Crippen LogP contribution in [0.25, 0.3) is 0 Å². The molecule has 1 fully saturated rings. The standard InChI is InChI=1S/C19H28FN5O3/c1-19(2,3)25-8-7-23(12-22-25)17-6-5-14(9-16(17)20)24-11-15(28-18(24)26)10-21-13-27-4/h5-6,9,12,15,21H,7-8,10-11,13H2,1-4H3. The number of carbonyl (C=O) groups excluding carboxylic acids is 1. The molecule has 1 atom stereocenters. The highest BCUT2D eigenvalue weighted by molar-refractivity contribution is 5.90. The van der Waals surface area contributed by atoms with Crippen LogP contribution in [0.2, 0.25) is 0 Å². The number of hydrazone groups is 1. The molecule has 1 aromatic rings. The van der Waals surface area contributed by atoms with E-state index in [-0.39, 0.29) is 11.6 Å². The summed E-state index contributed by atoms with van der Waals surface area (Å²) in [5.74, 6) is -0.401. The first-order chi connectivity index (χ1) is 13.3. The monoisotopic (exact) mass is 393 g/mol. The maximum atomic E-state index is 14.8. The van der Waals surface area contributed by atoms with Crippen molar-refractivity contribution >= 4 is 23.8 Å². The van der Waals surface area contributed by atoms with E-state index < -0.39 is 11.9 Å². The van der Waals surface area contributed by atoms with Crippen molar-refractivity contribution in [3.8, 4) is 0 Å². The number of hydrogen-bond acceptors (Lipinski definition) is 7. The third-order valence-corrected chi connectivity index (χ3v) is 4.70. The van der Waals surface area contributed by atoms with Crippen LogP contribution in [0, 0.1) is 5.82 Å². The Morgan fingerprint density at radius 2 is 2.14 bits per heavy atom. The Labute approximate surface area is 164 Å². The van der Waals surface area contributed by atoms with E-state index in [4.69, 9.17) is 9.47 Å². The van der Waals surface area contributed by atoms with Crippen LogP contribution in [-0.4, -0.2) is 69.1 Å². The van der Waals surface area contributed by atoms with Gasteiger partial charge in [0.25, 0.3) is 0 Å². The Kier molecular flexibility index (Phi) is 6.04. The van der Waals surface area contributed by atoms with Gasteiger partial charge >= 0.3 is 6.09 Å². The number of nitrogens with zero attached hydrogens (tertiary/aromatic N) is 4. The SMILES string of the molecule is COCNCC1CN(c2ccc(N3C=NN(C(C)(C)C)CC3)c(F)c2)C(=O)O1. The molecule has 0 spiro atoms. The maximum Gasteiger partial charge on any atom is 0.414 e. The van der Waals surface area contributed by atoms with E-state index in [2.05, 4.69) is 31.2 Å². The zero-order chi connectivity index (χ0) is 20.3. The van der Waals surface area contributed by atoms with Crippen LogP contribution in [0.1, 0.15) is 20.8 Å². The van der Waals surface area contributed by atoms with Gasteiger partial charge in [-0.3, -0.25) is 15.2 Å². The largest absolute Gasteiger partial charge is 0.443 e. The lowest BCUT2D eigenvalue weighted by Gasteiger charge is -2.38. The molecule has 2 aliphatic heterocycles. The Hall–Kier alpha value is -2.39. The second-order valence-corrected chi connectivity index (χ2v) is 7.86. The Morgan fingerprint density at radius 1 is 1.36 bits per heavy atom. The van der Waals surface area contributed by atoms with Crippen molar-refractivity contribution in [3.63, 3.8) is 0 Å². The van der Waals surface area contributed by atoms with Crippen molar-refractivity contribution in [2.24, 2.45) is 5.10 Å². The Bertz CT molecular complexity index is 737. The normalized spacial score (nSPS) is 20.1. The molecule has 2 heterocycles. The number of anilines is 2. The lowest BCUT2D eigenvalue weighted by molar-refractivity contribution is 0.123. The smallest absolute Gasteiger partial charge is 0.414 e. The molecule has 8 nitrogen and oxygen atoms in total. The van der Waals surface area contributed by atoms with E-state index in [0.29, 0.717) is 44.3 Å². The van der Waals surface area contributed by atoms with Crippen molar-refractivity contribution in [1.29, 1.82) is 0 Å². The third kappa shape index (κ3) is 4.53. The molecule has 1 saturated heterocycles. The van der Waals surface area contributed by atoms with Gasteiger partial charge in [0.1, 0.15) is 18.3 Å². The van der Waals surface area contributed by atoms with Crippen LogP contribution in [0.15, 0.2) is 23.3 Å². The first-order valence-electron chi connectivity index (χ1n) is 9.35. The fourth-order valence-electron chi connectivity index (χ4n) is 3.19. The number of halogens is 1. The zero-order valence-corrected chi connectivity index (χ0v) is 16.8. The van der Waals surface area contributed by atoms with Crippen molar-refractivity contribution in [2.45, 2.75) is 32.4 Å². The molecule has 28 heavy (non-hydrogen) atoms. The molecule has 1 amide bonds. The molecule has 154 valence electrons. The topological polar surface area (TPSA) is 69.6 Å². The predicted molar refractivity (Wildman–Crippen MR) is 106 cm³/mol. The number of amides is 1. The molecular formula is C19H28FN5O3. The molecule has 1 N–H and O–H groups in total. The number of benzene rings is 1. The van der Waals surface area contributed by atoms with Gasteiger partial charge < -0.3 is 14.4 Å². The minimum atomic E-state index is -0.475. The average Bonchev–Trinajstić information content (AvgIpc) is 3.02. The Balaban J connectivity index is 1.67. The lowest BCUT2D eigenvalue weighted by atomic mass is 10.1. The van der Waals surface area contributed by atoms with Gasteiger partial charge in [-0.25, -0.2) is 9.18 Å². The fraction of sp³-hybridized carbons (Fsp3) is 0.579. The highest BCUT2D eigenvalue weighted by Crippen LogP contribution is 2.28. The molecular weight excluding hydrogens is 365 g/mol. The summed E-state index contributed by atoms with van der Waals surface area (Å²) in [6.07, 6.45) is 0.869. The van der Waals surface area contributed by atoms with Crippen molar-refractivity contribution in [1.82, 2.24) is 10.3 Å². The summed E-state index contributed by atoms with van der Waals surface area (Å²) in [6, 6.07) is 4.77. The summed E-state index contributed by atoms with van der Waals surface area (Å²) in [4.78, 5) is 15.4. The third-order valence-electron chi connectivity index (χ3n) is 4.70. The van der Waals surface area contributed by atoms with Crippen LogP contribution in [0.3, 0.4) is 0 Å². The molecule has 0 saturated carbocycles. The number of methoxy groups -OCH3 is 1. The molecule has 0 bridgehead atoms. The number of carbonyl (C=O) groups is 1. The second-order valence-electron chi connectivity index (χ2n) is 7.86. The lowest BCUT2D eigenvalue weighted by Crippen LogP contribution is -2.46. The van der Waals surface area contributed by atoms with Crippen LogP contribution in [0.5, 0.6) is 0 Å². The molecule has 0 radical (unpaired) electrons. The van der Waals surface area contributed by atoms with E-state index in [9.17, 15) is 9.18 Å². The van der Waals surface area contributed by atoms with E-state index in [1.807, 2.05) is 5.01 Å². The number of ether oxygens (including phenoxy) is 2. The van der Waals surface area contributed by atoms with Crippen molar-refractivity contribution in [3.05, 3.63) is 24.0 Å². The molecule has 0 aliphatic carbocycles. The molecule has 1 unspecified atom stereocenters. The van der Waals surface area contributed by atoms with Gasteiger partial charge in [-0.05, 0) is 39.0 Å². The summed E-state index contributed by atoms with van der Waals surface area (Å²) in [5.41, 5.74) is 0.841. The number of nitrogens with one attached hydrogen (secondary N) is 1. The molecule has 1 aromatic carbocycles. The van der Waals surface area contributed by atoms with E-state index in [1.54, 1.807) is 30.5 Å². The minimum Gasteiger partial charge on any atom is -0.443 e. The number of hydrogen-bond donors (Lipinski definition) is 1. The van der Waals surface area contributed by atoms with Gasteiger partial charge in [0.15, 0.2) is 0 Å². The quantitative estimate of drug-likeness (QED) is 0.590. The zero-order valence-electron chi connectivity index (χ0n) is 16.8. The van der Waals surface area contributed by atoms with Gasteiger partial charge in [-0.15, -0.1) is 0 Å². The molecule has 9 heteroatoms. The first kappa shape index (κ1) is 20.3. The average molecular weight is 393 g/mol. The van der Waals surface area contributed by atoms with Gasteiger partial charge in [-0.2, -0.15) is 5.10 Å². The summed E-state index contributed by atoms with van der Waals surface area (Å²) in [7, 11) is 1.58. The predicted octanol–water partition coefficient (Wildman–Crippen LogP) is 2.21. The second kappa shape index (κ2) is 8.32. The summed E-state index contributed by atoms with van der Waals surface area (Å²) < 4.78 is 25.0. The highest BCUT2D eigenvalue weighted by Gasteiger charge is 2.32. The van der Waals surface area contributed by atoms with Gasteiger partial charge in [-0.1, -0.05) is 0 Å². The van der Waals surface area contributed by atoms with E-state index >= 15 is 0 Å².